The molecule has 3 saturated heterocycles. The molecule has 0 amide bonds. The van der Waals surface area contributed by atoms with Gasteiger partial charge in [-0.2, -0.15) is 0 Å². The Hall–Kier alpha value is -1.51. The highest BCUT2D eigenvalue weighted by Gasteiger charge is 2.72. The summed E-state index contributed by atoms with van der Waals surface area (Å²) in [5, 5.41) is 143. The van der Waals surface area contributed by atoms with E-state index in [4.69, 9.17) is 28.4 Å². The average molecular weight is 975 g/mol. The maximum Gasteiger partial charge on any atom is 0.335 e. The summed E-state index contributed by atoms with van der Waals surface area (Å²) in [6.07, 6.45) is -24.1. The Morgan fingerprint density at radius 1 is 0.676 bits per heavy atom. The van der Waals surface area contributed by atoms with Gasteiger partial charge in [0.2, 0.25) is 0 Å². The number of ether oxygens (including phenoxy) is 6. The quantitative estimate of drug-likeness (QED) is 0.0938. The molecule has 20 nitrogen and oxygen atoms in total. The van der Waals surface area contributed by atoms with E-state index in [1.54, 1.807) is 0 Å². The highest BCUT2D eigenvalue weighted by Crippen LogP contribution is 2.76. The Kier molecular flexibility index (Phi) is 14.1. The molecule has 0 spiro atoms. The van der Waals surface area contributed by atoms with Crippen molar-refractivity contribution in [2.24, 2.45) is 50.2 Å². The molecule has 390 valence electrons. The van der Waals surface area contributed by atoms with E-state index in [0.717, 1.165) is 24.8 Å². The Bertz CT molecular complexity index is 1880. The van der Waals surface area contributed by atoms with Crippen LogP contribution in [0.4, 0.5) is 0 Å². The lowest BCUT2D eigenvalue weighted by Crippen LogP contribution is -2.71. The topological polar surface area (TPSA) is 335 Å². The zero-order chi connectivity index (χ0) is 50.2. The van der Waals surface area contributed by atoms with Crippen molar-refractivity contribution in [1.29, 1.82) is 0 Å². The van der Waals surface area contributed by atoms with Crippen LogP contribution in [-0.2, 0) is 33.2 Å². The van der Waals surface area contributed by atoms with Crippen molar-refractivity contribution in [3.8, 4) is 0 Å². The predicted molar refractivity (Wildman–Crippen MR) is 233 cm³/mol. The minimum absolute atomic E-state index is 0.0335. The summed E-state index contributed by atoms with van der Waals surface area (Å²) in [6, 6.07) is 0. The van der Waals surface area contributed by atoms with E-state index in [-0.39, 0.29) is 28.6 Å². The van der Waals surface area contributed by atoms with Crippen molar-refractivity contribution < 1.29 is 99.6 Å². The van der Waals surface area contributed by atoms with Gasteiger partial charge in [-0.25, -0.2) is 4.79 Å². The van der Waals surface area contributed by atoms with Gasteiger partial charge in [-0.3, -0.25) is 0 Å². The molecular weight excluding hydrogens is 897 g/mol. The van der Waals surface area contributed by atoms with Gasteiger partial charge in [0.05, 0.1) is 49.1 Å². The van der Waals surface area contributed by atoms with E-state index in [2.05, 4.69) is 40.7 Å². The van der Waals surface area contributed by atoms with Crippen molar-refractivity contribution in [3.05, 3.63) is 11.6 Å². The van der Waals surface area contributed by atoms with Gasteiger partial charge in [-0.15, -0.1) is 0 Å². The highest BCUT2D eigenvalue weighted by molar-refractivity contribution is 5.73. The van der Waals surface area contributed by atoms with Crippen LogP contribution in [0, 0.1) is 50.2 Å². The molecule has 68 heavy (non-hydrogen) atoms. The van der Waals surface area contributed by atoms with E-state index in [0.29, 0.717) is 25.7 Å². The molecule has 0 radical (unpaired) electrons. The molecule has 0 unspecified atom stereocenters. The first kappa shape index (κ1) is 52.8. The van der Waals surface area contributed by atoms with Crippen molar-refractivity contribution in [1.82, 2.24) is 0 Å². The number of aliphatic carboxylic acids is 1. The number of fused-ring (bicyclic) bond motifs is 7. The molecule has 26 atom stereocenters. The smallest absolute Gasteiger partial charge is 0.335 e. The molecule has 7 fully saturated rings. The van der Waals surface area contributed by atoms with Crippen LogP contribution in [0.5, 0.6) is 0 Å². The monoisotopic (exact) mass is 975 g/mol. The first-order valence-electron chi connectivity index (χ1n) is 24.5. The maximum absolute atomic E-state index is 12.7. The van der Waals surface area contributed by atoms with Crippen LogP contribution >= 0.6 is 0 Å². The van der Waals surface area contributed by atoms with Gasteiger partial charge < -0.3 is 94.8 Å². The molecule has 20 heteroatoms. The molecule has 4 saturated carbocycles. The van der Waals surface area contributed by atoms with Crippen LogP contribution in [0.15, 0.2) is 11.6 Å². The number of carboxylic acids is 1. The summed E-state index contributed by atoms with van der Waals surface area (Å²) >= 11 is 0. The maximum atomic E-state index is 12.7. The first-order chi connectivity index (χ1) is 31.6. The summed E-state index contributed by atoms with van der Waals surface area (Å²) in [4.78, 5) is 12.7. The molecule has 8 aliphatic rings. The van der Waals surface area contributed by atoms with Gasteiger partial charge >= 0.3 is 5.97 Å². The zero-order valence-electron chi connectivity index (χ0n) is 40.3. The molecule has 0 aromatic rings. The number of aliphatic hydroxyl groups is 12. The Balaban J connectivity index is 1.04. The molecule has 8 rings (SSSR count). The third-order valence-corrected chi connectivity index (χ3v) is 19.7. The van der Waals surface area contributed by atoms with Gasteiger partial charge in [-0.1, -0.05) is 60.1 Å². The summed E-state index contributed by atoms with van der Waals surface area (Å²) in [5.74, 6) is -1.81. The van der Waals surface area contributed by atoms with Crippen molar-refractivity contribution in [2.45, 2.75) is 217 Å². The molecule has 0 aromatic carbocycles. The molecule has 3 aliphatic heterocycles. The Morgan fingerprint density at radius 3 is 1.96 bits per heavy atom. The lowest BCUT2D eigenvalue weighted by atomic mass is 9.33. The fourth-order valence-electron chi connectivity index (χ4n) is 15.3. The number of carboxylic acid groups (broad SMARTS) is 1. The second kappa shape index (κ2) is 18.2. The van der Waals surface area contributed by atoms with Crippen LogP contribution in [0.2, 0.25) is 0 Å². The third-order valence-electron chi connectivity index (χ3n) is 19.7. The summed E-state index contributed by atoms with van der Waals surface area (Å²) < 4.78 is 35.6. The fourth-order valence-corrected chi connectivity index (χ4v) is 15.3. The molecule has 13 N–H and O–H groups in total. The third kappa shape index (κ3) is 7.72. The molecule has 5 aliphatic carbocycles. The fraction of sp³-hybridized carbons (Fsp3) is 0.938. The standard InChI is InChI=1S/C48H78O20/c1-19-27(52)29(54)31(56)40(63-19)68-36-30(55)28(53)22(17-49)64-42(36)66-34-32(57)35(39(61)62)67-41(33(34)58)65-26-12-13-45(6)23(44(26,4)5)11-14-46(7)24(45)10-9-20-21-15-43(2,3)37(59)38(60)48(21,18-50)25(51)16-47(20,46)8/h9,19,21-38,40-42,49-60H,10-18H2,1-8H3,(H,61,62)/t19-,21+,22+,23-,24+,25+,26-,27-,28-,29+,30-,31+,32-,33+,34-,35-,36+,37-,38-,40-,41+,42-,45-,46+,47+,48-/m0/s1. The van der Waals surface area contributed by atoms with Crippen LogP contribution in [0.25, 0.3) is 0 Å². The van der Waals surface area contributed by atoms with E-state index in [1.807, 2.05) is 13.8 Å². The Morgan fingerprint density at radius 2 is 1.32 bits per heavy atom. The highest BCUT2D eigenvalue weighted by atomic mass is 16.8. The predicted octanol–water partition coefficient (Wildman–Crippen LogP) is -1.35. The van der Waals surface area contributed by atoms with E-state index < -0.39 is 157 Å². The Labute approximate surface area is 396 Å². The van der Waals surface area contributed by atoms with Gasteiger partial charge in [0.15, 0.2) is 25.0 Å². The van der Waals surface area contributed by atoms with Gasteiger partial charge in [0.1, 0.15) is 61.0 Å². The van der Waals surface area contributed by atoms with Crippen molar-refractivity contribution in [2.75, 3.05) is 13.2 Å². The van der Waals surface area contributed by atoms with Gasteiger partial charge in [-0.05, 0) is 96.7 Å². The summed E-state index contributed by atoms with van der Waals surface area (Å²) in [6.45, 7) is 14.9. The van der Waals surface area contributed by atoms with Gasteiger partial charge in [0, 0.05) is 0 Å². The first-order valence-corrected chi connectivity index (χ1v) is 24.5. The number of hydrogen-bond donors (Lipinski definition) is 13. The number of aliphatic hydroxyl groups excluding tert-OH is 12. The molecule has 0 bridgehead atoms. The largest absolute Gasteiger partial charge is 0.479 e. The minimum atomic E-state index is -2.07. The van der Waals surface area contributed by atoms with E-state index in [1.165, 1.54) is 6.92 Å². The summed E-state index contributed by atoms with van der Waals surface area (Å²) in [7, 11) is 0. The SMILES string of the molecule is C[C@@H]1O[C@@H](O[C@H]2[C@H](O[C@@H]3[C@@H](O)[C@H](O[C@H]4CC[C@]5(C)[C@H]6CC=C7[C@H]8CC(C)(C)[C@@H](O)[C@H](O)[C@]8(CO)[C@H](O)C[C@@]7(C)[C@]6(C)CC[C@H]5C4(C)C)O[C@H](C(=O)O)[C@H]3O)O[C@H](CO)[C@H](O)[C@@H]2O)[C@H](O)[C@H](O)[C@H]1O. The molecular formula is C48H78O20. The van der Waals surface area contributed by atoms with E-state index in [9.17, 15) is 71.2 Å². The number of hydrogen-bond acceptors (Lipinski definition) is 19. The number of carbonyl (C=O) groups is 1. The summed E-state index contributed by atoms with van der Waals surface area (Å²) in [5.41, 5.74) is -2.57. The molecule has 3 heterocycles. The van der Waals surface area contributed by atoms with Crippen molar-refractivity contribution in [3.63, 3.8) is 0 Å². The lowest BCUT2D eigenvalue weighted by molar-refractivity contribution is -0.389. The number of rotatable bonds is 9. The van der Waals surface area contributed by atoms with Crippen molar-refractivity contribution >= 4 is 5.97 Å². The van der Waals surface area contributed by atoms with Crippen LogP contribution in [0.3, 0.4) is 0 Å². The lowest BCUT2D eigenvalue weighted by Gasteiger charge is -2.72. The zero-order valence-corrected chi connectivity index (χ0v) is 40.3. The number of allylic oxidation sites excluding steroid dienone is 2. The second-order valence-electron chi connectivity index (χ2n) is 23.7. The molecule has 0 aromatic heterocycles. The van der Waals surface area contributed by atoms with Crippen LogP contribution < -0.4 is 0 Å². The van der Waals surface area contributed by atoms with Gasteiger partial charge in [0.25, 0.3) is 0 Å². The van der Waals surface area contributed by atoms with Crippen LogP contribution in [-0.4, -0.2) is 202 Å². The average Bonchev–Trinajstić information content (AvgIpc) is 3.26. The van der Waals surface area contributed by atoms with E-state index >= 15 is 0 Å². The van der Waals surface area contributed by atoms with Crippen LogP contribution in [0.1, 0.15) is 100 Å². The minimum Gasteiger partial charge on any atom is -0.479 e. The normalized spacial score (nSPS) is 55.4. The second-order valence-corrected chi connectivity index (χ2v) is 23.7.